The summed E-state index contributed by atoms with van der Waals surface area (Å²) in [5.74, 6) is -1.34. The molecule has 0 saturated carbocycles. The SMILES string of the molecule is O=C(c1ccc(Cl)cc1F)c1ncc(Cl)cc1Cl. The molecule has 0 aliphatic carbocycles. The molecular formula is C12H5Cl3FNO. The van der Waals surface area contributed by atoms with Crippen LogP contribution in [0.3, 0.4) is 0 Å². The molecule has 1 heterocycles. The molecule has 0 amide bonds. The number of hydrogen-bond donors (Lipinski definition) is 0. The molecule has 0 spiro atoms. The molecule has 0 fully saturated rings. The first-order chi connectivity index (χ1) is 8.49. The van der Waals surface area contributed by atoms with E-state index in [9.17, 15) is 9.18 Å². The van der Waals surface area contributed by atoms with Gasteiger partial charge in [-0.3, -0.25) is 4.79 Å². The van der Waals surface area contributed by atoms with Gasteiger partial charge in [-0.05, 0) is 24.3 Å². The van der Waals surface area contributed by atoms with Gasteiger partial charge in [0, 0.05) is 11.2 Å². The Hall–Kier alpha value is -1.16. The minimum absolute atomic E-state index is 0.0534. The van der Waals surface area contributed by atoms with E-state index < -0.39 is 11.6 Å². The van der Waals surface area contributed by atoms with Crippen LogP contribution in [0, 0.1) is 5.82 Å². The largest absolute Gasteiger partial charge is 0.287 e. The first-order valence-corrected chi connectivity index (χ1v) is 5.93. The maximum Gasteiger partial charge on any atom is 0.215 e. The van der Waals surface area contributed by atoms with Gasteiger partial charge in [-0.2, -0.15) is 0 Å². The third kappa shape index (κ3) is 2.64. The first kappa shape index (κ1) is 13.3. The van der Waals surface area contributed by atoms with Gasteiger partial charge in [-0.15, -0.1) is 0 Å². The van der Waals surface area contributed by atoms with Crippen molar-refractivity contribution in [2.45, 2.75) is 0 Å². The molecule has 0 bridgehead atoms. The lowest BCUT2D eigenvalue weighted by molar-refractivity contribution is 0.103. The van der Waals surface area contributed by atoms with Gasteiger partial charge in [0.1, 0.15) is 11.5 Å². The molecule has 0 saturated heterocycles. The van der Waals surface area contributed by atoms with E-state index in [-0.39, 0.29) is 21.3 Å². The molecular weight excluding hydrogens is 299 g/mol. The van der Waals surface area contributed by atoms with Crippen molar-refractivity contribution in [1.82, 2.24) is 4.98 Å². The summed E-state index contributed by atoms with van der Waals surface area (Å²) in [7, 11) is 0. The standard InChI is InChI=1S/C12H5Cl3FNO/c13-6-1-2-8(10(16)4-6)12(18)11-9(15)3-7(14)5-17-11/h1-5H. The number of aromatic nitrogens is 1. The van der Waals surface area contributed by atoms with Crippen LogP contribution in [-0.2, 0) is 0 Å². The summed E-state index contributed by atoms with van der Waals surface area (Å²) in [5.41, 5.74) is -0.196. The Morgan fingerprint density at radius 2 is 1.83 bits per heavy atom. The van der Waals surface area contributed by atoms with Crippen molar-refractivity contribution in [3.63, 3.8) is 0 Å². The van der Waals surface area contributed by atoms with Gasteiger partial charge in [0.2, 0.25) is 5.78 Å². The summed E-state index contributed by atoms with van der Waals surface area (Å²) in [5, 5.41) is 0.578. The predicted octanol–water partition coefficient (Wildman–Crippen LogP) is 4.41. The highest BCUT2D eigenvalue weighted by Gasteiger charge is 2.18. The molecule has 2 aromatic rings. The van der Waals surface area contributed by atoms with Crippen LogP contribution in [-0.4, -0.2) is 10.8 Å². The Bertz CT molecular complexity index is 577. The van der Waals surface area contributed by atoms with E-state index >= 15 is 0 Å². The normalized spacial score (nSPS) is 10.4. The van der Waals surface area contributed by atoms with E-state index in [0.717, 1.165) is 6.07 Å². The average molecular weight is 305 g/mol. The number of pyridine rings is 1. The highest BCUT2D eigenvalue weighted by Crippen LogP contribution is 2.23. The number of benzene rings is 1. The quantitative estimate of drug-likeness (QED) is 0.769. The number of rotatable bonds is 2. The fraction of sp³-hybridized carbons (Fsp3) is 0. The van der Waals surface area contributed by atoms with E-state index in [1.807, 2.05) is 0 Å². The molecule has 0 aliphatic heterocycles. The van der Waals surface area contributed by atoms with E-state index in [1.165, 1.54) is 24.4 Å². The second kappa shape index (κ2) is 5.22. The number of carbonyl (C=O) groups is 1. The Labute approximate surface area is 117 Å². The van der Waals surface area contributed by atoms with Crippen molar-refractivity contribution >= 4 is 40.6 Å². The minimum Gasteiger partial charge on any atom is -0.287 e. The van der Waals surface area contributed by atoms with E-state index in [2.05, 4.69) is 4.98 Å². The van der Waals surface area contributed by atoms with Gasteiger partial charge in [-0.1, -0.05) is 34.8 Å². The summed E-state index contributed by atoms with van der Waals surface area (Å²) >= 11 is 17.1. The molecule has 92 valence electrons. The van der Waals surface area contributed by atoms with Crippen LogP contribution in [0.4, 0.5) is 4.39 Å². The van der Waals surface area contributed by atoms with Gasteiger partial charge in [0.05, 0.1) is 15.6 Å². The number of ketones is 1. The van der Waals surface area contributed by atoms with E-state index in [0.29, 0.717) is 5.02 Å². The van der Waals surface area contributed by atoms with Crippen molar-refractivity contribution in [1.29, 1.82) is 0 Å². The first-order valence-electron chi connectivity index (χ1n) is 4.80. The summed E-state index contributed by atoms with van der Waals surface area (Å²) in [6.07, 6.45) is 1.27. The zero-order valence-electron chi connectivity index (χ0n) is 8.75. The van der Waals surface area contributed by atoms with Crippen LogP contribution >= 0.6 is 34.8 Å². The fourth-order valence-electron chi connectivity index (χ4n) is 1.38. The van der Waals surface area contributed by atoms with Crippen molar-refractivity contribution in [2.75, 3.05) is 0 Å². The Morgan fingerprint density at radius 1 is 1.11 bits per heavy atom. The van der Waals surface area contributed by atoms with Crippen LogP contribution in [0.2, 0.25) is 15.1 Å². The molecule has 1 aromatic heterocycles. The molecule has 2 nitrogen and oxygen atoms in total. The monoisotopic (exact) mass is 303 g/mol. The van der Waals surface area contributed by atoms with Crippen LogP contribution in [0.1, 0.15) is 16.1 Å². The minimum atomic E-state index is -0.722. The molecule has 0 radical (unpaired) electrons. The summed E-state index contributed by atoms with van der Waals surface area (Å²) < 4.78 is 13.6. The Balaban J connectivity index is 2.48. The maximum atomic E-state index is 13.6. The summed E-state index contributed by atoms with van der Waals surface area (Å²) in [4.78, 5) is 15.8. The highest BCUT2D eigenvalue weighted by atomic mass is 35.5. The third-order valence-corrected chi connectivity index (χ3v) is 2.93. The van der Waals surface area contributed by atoms with Crippen LogP contribution in [0.25, 0.3) is 0 Å². The molecule has 0 N–H and O–H groups in total. The second-order valence-electron chi connectivity index (χ2n) is 3.44. The lowest BCUT2D eigenvalue weighted by atomic mass is 10.1. The number of carbonyl (C=O) groups excluding carboxylic acids is 1. The zero-order valence-corrected chi connectivity index (χ0v) is 11.0. The topological polar surface area (TPSA) is 30.0 Å². The van der Waals surface area contributed by atoms with Gasteiger partial charge >= 0.3 is 0 Å². The molecule has 0 unspecified atom stereocenters. The molecule has 0 atom stereocenters. The van der Waals surface area contributed by atoms with Crippen molar-refractivity contribution in [2.24, 2.45) is 0 Å². The second-order valence-corrected chi connectivity index (χ2v) is 4.72. The van der Waals surface area contributed by atoms with Gasteiger partial charge in [0.25, 0.3) is 0 Å². The maximum absolute atomic E-state index is 13.6. The van der Waals surface area contributed by atoms with Crippen molar-refractivity contribution < 1.29 is 9.18 Å². The van der Waals surface area contributed by atoms with Crippen LogP contribution in [0.15, 0.2) is 30.5 Å². The molecule has 6 heteroatoms. The fourth-order valence-corrected chi connectivity index (χ4v) is 2.01. The Kier molecular flexibility index (Phi) is 3.85. The summed E-state index contributed by atoms with van der Waals surface area (Å²) in [6, 6.07) is 5.13. The zero-order chi connectivity index (χ0) is 13.3. The number of hydrogen-bond acceptors (Lipinski definition) is 2. The molecule has 0 aliphatic rings. The Morgan fingerprint density at radius 3 is 2.44 bits per heavy atom. The number of halogens is 4. The number of nitrogens with zero attached hydrogens (tertiary/aromatic N) is 1. The van der Waals surface area contributed by atoms with Crippen molar-refractivity contribution in [3.05, 3.63) is 62.6 Å². The summed E-state index contributed by atoms with van der Waals surface area (Å²) in [6.45, 7) is 0. The van der Waals surface area contributed by atoms with Crippen molar-refractivity contribution in [3.8, 4) is 0 Å². The van der Waals surface area contributed by atoms with Gasteiger partial charge in [-0.25, -0.2) is 9.37 Å². The molecule has 1 aromatic carbocycles. The third-order valence-electron chi connectivity index (χ3n) is 2.20. The lowest BCUT2D eigenvalue weighted by Crippen LogP contribution is -2.07. The van der Waals surface area contributed by atoms with Gasteiger partial charge in [0.15, 0.2) is 0 Å². The highest BCUT2D eigenvalue weighted by molar-refractivity contribution is 6.37. The molecule has 18 heavy (non-hydrogen) atoms. The molecule has 2 rings (SSSR count). The smallest absolute Gasteiger partial charge is 0.215 e. The van der Waals surface area contributed by atoms with E-state index in [4.69, 9.17) is 34.8 Å². The average Bonchev–Trinajstić information content (AvgIpc) is 2.28. The predicted molar refractivity (Wildman–Crippen MR) is 69.1 cm³/mol. The van der Waals surface area contributed by atoms with Crippen LogP contribution < -0.4 is 0 Å². The van der Waals surface area contributed by atoms with E-state index in [1.54, 1.807) is 0 Å². The lowest BCUT2D eigenvalue weighted by Gasteiger charge is -2.04. The van der Waals surface area contributed by atoms with Crippen LogP contribution in [0.5, 0.6) is 0 Å². The van der Waals surface area contributed by atoms with Gasteiger partial charge < -0.3 is 0 Å².